The summed E-state index contributed by atoms with van der Waals surface area (Å²) in [5.74, 6) is 0. The lowest BCUT2D eigenvalue weighted by molar-refractivity contribution is 0.260. The van der Waals surface area contributed by atoms with Crippen molar-refractivity contribution in [2.45, 2.75) is 25.3 Å². The smallest absolute Gasteiger partial charge is 0.181 e. The van der Waals surface area contributed by atoms with Gasteiger partial charge in [-0.05, 0) is 32.4 Å². The van der Waals surface area contributed by atoms with E-state index >= 15 is 0 Å². The van der Waals surface area contributed by atoms with Crippen molar-refractivity contribution in [3.63, 3.8) is 0 Å². The molecule has 0 bridgehead atoms. The monoisotopic (exact) mass is 238 g/mol. The van der Waals surface area contributed by atoms with Crippen LogP contribution in [0.4, 0.5) is 10.1 Å². The molecular formula is C11H18N4S. The minimum Gasteiger partial charge on any atom is -0.375 e. The van der Waals surface area contributed by atoms with Crippen LogP contribution in [0.2, 0.25) is 0 Å². The van der Waals surface area contributed by atoms with Gasteiger partial charge in [-0.15, -0.1) is 0 Å². The topological polar surface area (TPSA) is 45.4 Å². The maximum atomic E-state index is 5.67. The third-order valence-corrected chi connectivity index (χ3v) is 4.53. The number of hydrogen-bond donors (Lipinski definition) is 1. The molecule has 5 heteroatoms. The molecule has 88 valence electrons. The van der Waals surface area contributed by atoms with Crippen LogP contribution in [0.25, 0.3) is 0 Å². The molecule has 0 saturated carbocycles. The predicted octanol–water partition coefficient (Wildman–Crippen LogP) is 1.40. The standard InChI is InChI=1S/C11H18N4S/c12-11-13-7-10(16-11)15-6-3-9(8-15)14-4-1-2-5-14/h7,9H,1-6,8H2,(H2,12,13)/t9-/m0/s1. The minimum absolute atomic E-state index is 0.680. The molecule has 4 nitrogen and oxygen atoms in total. The lowest BCUT2D eigenvalue weighted by Crippen LogP contribution is -2.35. The predicted molar refractivity (Wildman–Crippen MR) is 68.0 cm³/mol. The van der Waals surface area contributed by atoms with Crippen LogP contribution in [0.15, 0.2) is 6.20 Å². The van der Waals surface area contributed by atoms with Gasteiger partial charge in [-0.3, -0.25) is 4.90 Å². The van der Waals surface area contributed by atoms with E-state index in [2.05, 4.69) is 14.8 Å². The summed E-state index contributed by atoms with van der Waals surface area (Å²) in [6.45, 7) is 4.90. The Labute approximate surface area is 100 Å². The quantitative estimate of drug-likeness (QED) is 0.846. The van der Waals surface area contributed by atoms with E-state index in [1.165, 1.54) is 37.4 Å². The first-order valence-electron chi connectivity index (χ1n) is 6.03. The van der Waals surface area contributed by atoms with Crippen molar-refractivity contribution < 1.29 is 0 Å². The lowest BCUT2D eigenvalue weighted by atomic mass is 10.2. The molecule has 2 aliphatic heterocycles. The van der Waals surface area contributed by atoms with Gasteiger partial charge in [0.15, 0.2) is 5.13 Å². The lowest BCUT2D eigenvalue weighted by Gasteiger charge is -2.23. The van der Waals surface area contributed by atoms with Crippen LogP contribution >= 0.6 is 11.3 Å². The van der Waals surface area contributed by atoms with Gasteiger partial charge in [0.25, 0.3) is 0 Å². The fraction of sp³-hybridized carbons (Fsp3) is 0.727. The molecule has 2 N–H and O–H groups in total. The summed E-state index contributed by atoms with van der Waals surface area (Å²) in [5.41, 5.74) is 5.67. The van der Waals surface area contributed by atoms with Crippen molar-refractivity contribution in [3.8, 4) is 0 Å². The van der Waals surface area contributed by atoms with E-state index < -0.39 is 0 Å². The first-order chi connectivity index (χ1) is 7.83. The fourth-order valence-electron chi connectivity index (χ4n) is 2.77. The molecule has 2 saturated heterocycles. The van der Waals surface area contributed by atoms with Crippen molar-refractivity contribution in [1.29, 1.82) is 0 Å². The van der Waals surface area contributed by atoms with Gasteiger partial charge in [-0.25, -0.2) is 4.98 Å². The molecule has 0 amide bonds. The SMILES string of the molecule is Nc1ncc(N2CC[C@H](N3CCCC3)C2)s1. The maximum absolute atomic E-state index is 5.67. The molecule has 1 aromatic heterocycles. The number of likely N-dealkylation sites (tertiary alicyclic amines) is 1. The van der Waals surface area contributed by atoms with E-state index in [9.17, 15) is 0 Å². The summed E-state index contributed by atoms with van der Waals surface area (Å²) in [6, 6.07) is 0.755. The Bertz CT molecular complexity index is 359. The summed E-state index contributed by atoms with van der Waals surface area (Å²) >= 11 is 1.60. The highest BCUT2D eigenvalue weighted by Crippen LogP contribution is 2.30. The van der Waals surface area contributed by atoms with Gasteiger partial charge in [0.2, 0.25) is 0 Å². The van der Waals surface area contributed by atoms with Crippen molar-refractivity contribution in [2.75, 3.05) is 36.8 Å². The normalized spacial score (nSPS) is 26.8. The average Bonchev–Trinajstić information content (AvgIpc) is 2.97. The molecule has 2 aliphatic rings. The molecule has 2 fully saturated rings. The highest BCUT2D eigenvalue weighted by Gasteiger charge is 2.29. The van der Waals surface area contributed by atoms with Crippen molar-refractivity contribution >= 4 is 21.5 Å². The fourth-order valence-corrected chi connectivity index (χ4v) is 3.49. The Hall–Kier alpha value is -0.810. The molecular weight excluding hydrogens is 220 g/mol. The van der Waals surface area contributed by atoms with E-state index in [0.717, 1.165) is 19.1 Å². The second kappa shape index (κ2) is 4.22. The van der Waals surface area contributed by atoms with Gasteiger partial charge in [0.1, 0.15) is 5.00 Å². The Balaban J connectivity index is 1.64. The minimum atomic E-state index is 0.680. The van der Waals surface area contributed by atoms with Crippen molar-refractivity contribution in [2.24, 2.45) is 0 Å². The number of hydrogen-bond acceptors (Lipinski definition) is 5. The van der Waals surface area contributed by atoms with Gasteiger partial charge < -0.3 is 10.6 Å². The summed E-state index contributed by atoms with van der Waals surface area (Å²) < 4.78 is 0. The largest absolute Gasteiger partial charge is 0.375 e. The zero-order valence-corrected chi connectivity index (χ0v) is 10.2. The highest BCUT2D eigenvalue weighted by molar-refractivity contribution is 7.19. The number of rotatable bonds is 2. The summed E-state index contributed by atoms with van der Waals surface area (Å²) in [7, 11) is 0. The van der Waals surface area contributed by atoms with Gasteiger partial charge in [-0.2, -0.15) is 0 Å². The van der Waals surface area contributed by atoms with Gasteiger partial charge >= 0.3 is 0 Å². The second-order valence-electron chi connectivity index (χ2n) is 4.67. The Morgan fingerprint density at radius 3 is 2.81 bits per heavy atom. The van der Waals surface area contributed by atoms with E-state index in [1.807, 2.05) is 6.20 Å². The number of nitrogens with two attached hydrogens (primary N) is 1. The van der Waals surface area contributed by atoms with Crippen LogP contribution in [0.1, 0.15) is 19.3 Å². The van der Waals surface area contributed by atoms with Crippen LogP contribution < -0.4 is 10.6 Å². The zero-order valence-electron chi connectivity index (χ0n) is 9.43. The molecule has 1 aromatic rings. The Morgan fingerprint density at radius 2 is 2.12 bits per heavy atom. The van der Waals surface area contributed by atoms with E-state index in [0.29, 0.717) is 5.13 Å². The molecule has 3 rings (SSSR count). The molecule has 0 unspecified atom stereocenters. The Kier molecular flexibility index (Phi) is 2.73. The van der Waals surface area contributed by atoms with Crippen LogP contribution in [0.5, 0.6) is 0 Å². The second-order valence-corrected chi connectivity index (χ2v) is 5.71. The van der Waals surface area contributed by atoms with E-state index in [-0.39, 0.29) is 0 Å². The first-order valence-corrected chi connectivity index (χ1v) is 6.85. The third kappa shape index (κ3) is 1.89. The molecule has 0 spiro atoms. The van der Waals surface area contributed by atoms with Gasteiger partial charge in [0.05, 0.1) is 6.20 Å². The maximum Gasteiger partial charge on any atom is 0.181 e. The van der Waals surface area contributed by atoms with Crippen LogP contribution in [0.3, 0.4) is 0 Å². The highest BCUT2D eigenvalue weighted by atomic mass is 32.1. The molecule has 0 aromatic carbocycles. The summed E-state index contributed by atoms with van der Waals surface area (Å²) in [5, 5.41) is 1.92. The Morgan fingerprint density at radius 1 is 1.31 bits per heavy atom. The van der Waals surface area contributed by atoms with Crippen LogP contribution in [-0.2, 0) is 0 Å². The van der Waals surface area contributed by atoms with E-state index in [4.69, 9.17) is 5.73 Å². The molecule has 0 aliphatic carbocycles. The number of nitrogen functional groups attached to an aromatic ring is 1. The number of aromatic nitrogens is 1. The molecule has 0 radical (unpaired) electrons. The van der Waals surface area contributed by atoms with Crippen molar-refractivity contribution in [3.05, 3.63) is 6.20 Å². The number of thiazole rings is 1. The average molecular weight is 238 g/mol. The molecule has 16 heavy (non-hydrogen) atoms. The van der Waals surface area contributed by atoms with E-state index in [1.54, 1.807) is 11.3 Å². The number of anilines is 2. The van der Waals surface area contributed by atoms with Crippen LogP contribution in [0, 0.1) is 0 Å². The van der Waals surface area contributed by atoms with Crippen molar-refractivity contribution in [1.82, 2.24) is 9.88 Å². The summed E-state index contributed by atoms with van der Waals surface area (Å²) in [4.78, 5) is 9.20. The summed E-state index contributed by atoms with van der Waals surface area (Å²) in [6.07, 6.45) is 5.96. The van der Waals surface area contributed by atoms with Crippen LogP contribution in [-0.4, -0.2) is 42.1 Å². The molecule has 1 atom stereocenters. The third-order valence-electron chi connectivity index (χ3n) is 3.64. The zero-order chi connectivity index (χ0) is 11.0. The van der Waals surface area contributed by atoms with Gasteiger partial charge in [-0.1, -0.05) is 11.3 Å². The van der Waals surface area contributed by atoms with Gasteiger partial charge in [0, 0.05) is 19.1 Å². The molecule has 3 heterocycles. The number of nitrogens with zero attached hydrogens (tertiary/aromatic N) is 3. The first kappa shape index (κ1) is 10.4.